The number of hydrogen-bond acceptors (Lipinski definition) is 6. The lowest BCUT2D eigenvalue weighted by Crippen LogP contribution is -1.98. The molecule has 0 aliphatic rings. The average molecular weight is 383 g/mol. The molecular formula is C17H15ClN8O. The normalized spacial score (nSPS) is 12.3. The molecule has 1 N–H and O–H groups in total. The Kier molecular flexibility index (Phi) is 4.05. The number of imidazole rings is 1. The Morgan fingerprint density at radius 1 is 1.37 bits per heavy atom. The lowest BCUT2D eigenvalue weighted by molar-refractivity contribution is 0.400. The topological polar surface area (TPSA) is 110 Å². The van der Waals surface area contributed by atoms with Crippen LogP contribution < -0.4 is 4.74 Å². The van der Waals surface area contributed by atoms with Gasteiger partial charge in [-0.05, 0) is 13.0 Å². The van der Waals surface area contributed by atoms with Crippen LogP contribution in [0.25, 0.3) is 28.2 Å². The van der Waals surface area contributed by atoms with E-state index in [9.17, 15) is 0 Å². The molecule has 4 aromatic rings. The van der Waals surface area contributed by atoms with Gasteiger partial charge in [0.1, 0.15) is 33.7 Å². The molecular weight excluding hydrogens is 368 g/mol. The van der Waals surface area contributed by atoms with Gasteiger partial charge >= 0.3 is 0 Å². The summed E-state index contributed by atoms with van der Waals surface area (Å²) >= 11 is 6.28. The third-order valence-corrected chi connectivity index (χ3v) is 4.61. The Bertz CT molecular complexity index is 1170. The van der Waals surface area contributed by atoms with Crippen LogP contribution in [-0.2, 0) is 7.05 Å². The molecule has 0 saturated carbocycles. The summed E-state index contributed by atoms with van der Waals surface area (Å²) in [6, 6.07) is 3.94. The first kappa shape index (κ1) is 17.1. The number of ether oxygens (including phenoxy) is 1. The van der Waals surface area contributed by atoms with E-state index in [2.05, 4.69) is 31.2 Å². The van der Waals surface area contributed by atoms with Gasteiger partial charge in [-0.2, -0.15) is 10.4 Å². The number of methoxy groups -OCH3 is 1. The van der Waals surface area contributed by atoms with Crippen molar-refractivity contribution in [2.75, 3.05) is 7.11 Å². The number of nitrogens with one attached hydrogen (secondary N) is 1. The first-order chi connectivity index (χ1) is 13.0. The van der Waals surface area contributed by atoms with Gasteiger partial charge in [-0.15, -0.1) is 0 Å². The van der Waals surface area contributed by atoms with Gasteiger partial charge < -0.3 is 13.9 Å². The average Bonchev–Trinajstić information content (AvgIpc) is 3.40. The highest BCUT2D eigenvalue weighted by Crippen LogP contribution is 2.37. The number of aromatic amines is 1. The van der Waals surface area contributed by atoms with Gasteiger partial charge in [-0.25, -0.2) is 15.0 Å². The van der Waals surface area contributed by atoms with Crippen LogP contribution in [0, 0.1) is 11.3 Å². The van der Waals surface area contributed by atoms with Crippen LogP contribution in [-0.4, -0.2) is 41.4 Å². The van der Waals surface area contributed by atoms with E-state index in [4.69, 9.17) is 21.6 Å². The van der Waals surface area contributed by atoms with Gasteiger partial charge in [0.2, 0.25) is 5.88 Å². The van der Waals surface area contributed by atoms with E-state index in [-0.39, 0.29) is 0 Å². The first-order valence-electron chi connectivity index (χ1n) is 8.08. The molecule has 1 atom stereocenters. The molecule has 0 saturated heterocycles. The molecule has 0 bridgehead atoms. The summed E-state index contributed by atoms with van der Waals surface area (Å²) in [7, 11) is 3.40. The highest BCUT2D eigenvalue weighted by molar-refractivity contribution is 6.32. The van der Waals surface area contributed by atoms with Crippen LogP contribution in [0.5, 0.6) is 5.88 Å². The maximum absolute atomic E-state index is 9.14. The Hall–Kier alpha value is -3.38. The Labute approximate surface area is 159 Å². The molecule has 4 aromatic heterocycles. The van der Waals surface area contributed by atoms with Crippen LogP contribution in [0.3, 0.4) is 0 Å². The number of rotatable bonds is 4. The zero-order chi connectivity index (χ0) is 19.1. The van der Waals surface area contributed by atoms with Crippen molar-refractivity contribution < 1.29 is 4.74 Å². The first-order valence-corrected chi connectivity index (χ1v) is 8.46. The van der Waals surface area contributed by atoms with Crippen molar-refractivity contribution in [3.63, 3.8) is 0 Å². The van der Waals surface area contributed by atoms with Crippen molar-refractivity contribution >= 4 is 22.6 Å². The lowest BCUT2D eigenvalue weighted by atomic mass is 10.2. The summed E-state index contributed by atoms with van der Waals surface area (Å²) in [5.74, 6) is 0.881. The van der Waals surface area contributed by atoms with Gasteiger partial charge in [0.05, 0.1) is 25.0 Å². The Morgan fingerprint density at radius 3 is 2.85 bits per heavy atom. The smallest absolute Gasteiger partial charge is 0.233 e. The van der Waals surface area contributed by atoms with E-state index < -0.39 is 5.92 Å². The molecule has 0 spiro atoms. The molecule has 0 aliphatic heterocycles. The van der Waals surface area contributed by atoms with Gasteiger partial charge in [0, 0.05) is 19.4 Å². The zero-order valence-corrected chi connectivity index (χ0v) is 15.6. The second-order valence-electron chi connectivity index (χ2n) is 5.97. The van der Waals surface area contributed by atoms with E-state index in [0.29, 0.717) is 33.8 Å². The van der Waals surface area contributed by atoms with Crippen LogP contribution >= 0.6 is 11.6 Å². The third-order valence-electron chi connectivity index (χ3n) is 4.34. The quantitative estimate of drug-likeness (QED) is 0.581. The molecule has 1 unspecified atom stereocenters. The fourth-order valence-electron chi connectivity index (χ4n) is 2.95. The summed E-state index contributed by atoms with van der Waals surface area (Å²) < 4.78 is 9.02. The van der Waals surface area contributed by atoms with Gasteiger partial charge in [0.25, 0.3) is 0 Å². The number of nitrogens with zero attached hydrogens (tertiary/aromatic N) is 7. The number of hydrogen-bond donors (Lipinski definition) is 1. The Morgan fingerprint density at radius 2 is 2.19 bits per heavy atom. The maximum Gasteiger partial charge on any atom is 0.233 e. The SMILES string of the molecule is COc1nc2c(-n3ccnc3)c(-c3n[nH]c(C(C)C#N)n3)n(C)c2cc1Cl. The number of aromatic nitrogens is 7. The van der Waals surface area contributed by atoms with E-state index >= 15 is 0 Å². The van der Waals surface area contributed by atoms with E-state index in [0.717, 1.165) is 11.2 Å². The second-order valence-corrected chi connectivity index (χ2v) is 6.38. The molecule has 27 heavy (non-hydrogen) atoms. The predicted molar refractivity (Wildman–Crippen MR) is 98.8 cm³/mol. The molecule has 0 fully saturated rings. The van der Waals surface area contributed by atoms with E-state index in [1.807, 2.05) is 22.4 Å². The minimum absolute atomic E-state index is 0.330. The van der Waals surface area contributed by atoms with Crippen LogP contribution in [0.15, 0.2) is 24.8 Å². The van der Waals surface area contributed by atoms with E-state index in [1.165, 1.54) is 7.11 Å². The number of pyridine rings is 1. The molecule has 4 rings (SSSR count). The third kappa shape index (κ3) is 2.62. The fraction of sp³-hybridized carbons (Fsp3) is 0.235. The van der Waals surface area contributed by atoms with Crippen LogP contribution in [0.2, 0.25) is 5.02 Å². The molecule has 0 aromatic carbocycles. The van der Waals surface area contributed by atoms with Crippen molar-refractivity contribution in [3.8, 4) is 29.2 Å². The molecule has 4 heterocycles. The summed E-state index contributed by atoms with van der Waals surface area (Å²) in [5, 5.41) is 16.7. The monoisotopic (exact) mass is 382 g/mol. The van der Waals surface area contributed by atoms with Crippen molar-refractivity contribution in [2.45, 2.75) is 12.8 Å². The minimum Gasteiger partial charge on any atom is -0.480 e. The van der Waals surface area contributed by atoms with Gasteiger partial charge in [0.15, 0.2) is 5.82 Å². The molecule has 9 nitrogen and oxygen atoms in total. The summed E-state index contributed by atoms with van der Waals surface area (Å²) in [5.41, 5.74) is 2.92. The van der Waals surface area contributed by atoms with Crippen molar-refractivity contribution in [2.24, 2.45) is 7.05 Å². The fourth-order valence-corrected chi connectivity index (χ4v) is 3.18. The summed E-state index contributed by atoms with van der Waals surface area (Å²) in [6.07, 6.45) is 5.16. The van der Waals surface area contributed by atoms with Gasteiger partial charge in [-0.1, -0.05) is 11.6 Å². The van der Waals surface area contributed by atoms with Gasteiger partial charge in [-0.3, -0.25) is 5.10 Å². The van der Waals surface area contributed by atoms with Crippen LogP contribution in [0.4, 0.5) is 0 Å². The number of nitriles is 1. The lowest BCUT2D eigenvalue weighted by Gasteiger charge is -2.05. The number of halogens is 1. The maximum atomic E-state index is 9.14. The minimum atomic E-state index is -0.398. The van der Waals surface area contributed by atoms with Crippen LogP contribution in [0.1, 0.15) is 18.7 Å². The number of fused-ring (bicyclic) bond motifs is 1. The standard InChI is InChI=1S/C17H15ClN8O/c1-9(7-19)15-22-16(24-23-15)14-13(26-5-4-20-8-26)12-11(25(14)2)6-10(18)17(21-12)27-3/h4-6,8-9H,1-3H3,(H,22,23,24). The molecule has 0 radical (unpaired) electrons. The molecule has 10 heteroatoms. The Balaban J connectivity index is 2.05. The molecule has 0 amide bonds. The van der Waals surface area contributed by atoms with Crippen molar-refractivity contribution in [1.29, 1.82) is 5.26 Å². The highest BCUT2D eigenvalue weighted by atomic mass is 35.5. The summed E-state index contributed by atoms with van der Waals surface area (Å²) in [6.45, 7) is 1.76. The van der Waals surface area contributed by atoms with Crippen molar-refractivity contribution in [3.05, 3.63) is 35.6 Å². The second kappa shape index (κ2) is 6.41. The molecule has 0 aliphatic carbocycles. The number of H-pyrrole nitrogens is 1. The predicted octanol–water partition coefficient (Wildman–Crippen LogP) is 2.83. The zero-order valence-electron chi connectivity index (χ0n) is 14.8. The molecule has 136 valence electrons. The largest absolute Gasteiger partial charge is 0.480 e. The van der Waals surface area contributed by atoms with Crippen molar-refractivity contribution in [1.82, 2.24) is 34.3 Å². The highest BCUT2D eigenvalue weighted by Gasteiger charge is 2.24. The summed E-state index contributed by atoms with van der Waals surface area (Å²) in [4.78, 5) is 13.2. The number of aryl methyl sites for hydroxylation is 1. The van der Waals surface area contributed by atoms with E-state index in [1.54, 1.807) is 25.5 Å².